The summed E-state index contributed by atoms with van der Waals surface area (Å²) in [6.07, 6.45) is 0. The molecule has 1 aromatic rings. The van der Waals surface area contributed by atoms with Crippen LogP contribution in [0.15, 0.2) is 18.2 Å². The second kappa shape index (κ2) is 6.77. The third-order valence-electron chi connectivity index (χ3n) is 2.44. The molecule has 0 heterocycles. The van der Waals surface area contributed by atoms with Crippen molar-refractivity contribution in [3.63, 3.8) is 0 Å². The highest BCUT2D eigenvalue weighted by molar-refractivity contribution is 5.62. The molecule has 7 heteroatoms. The average Bonchev–Trinajstić information content (AvgIpc) is 2.33. The summed E-state index contributed by atoms with van der Waals surface area (Å²) < 4.78 is 4.96. The van der Waals surface area contributed by atoms with Gasteiger partial charge in [-0.05, 0) is 6.07 Å². The minimum absolute atomic E-state index is 0.0493. The lowest BCUT2D eigenvalue weighted by Crippen LogP contribution is -2.30. The van der Waals surface area contributed by atoms with E-state index in [0.29, 0.717) is 31.1 Å². The fourth-order valence-corrected chi connectivity index (χ4v) is 1.60. The highest BCUT2D eigenvalue weighted by atomic mass is 16.6. The molecule has 18 heavy (non-hydrogen) atoms. The Balaban J connectivity index is 2.98. The molecule has 0 aliphatic rings. The zero-order chi connectivity index (χ0) is 13.5. The molecule has 1 rings (SSSR count). The number of benzene rings is 1. The number of nitrogen functional groups attached to an aromatic ring is 1. The van der Waals surface area contributed by atoms with Gasteiger partial charge in [-0.2, -0.15) is 0 Å². The van der Waals surface area contributed by atoms with E-state index in [9.17, 15) is 10.1 Å². The lowest BCUT2D eigenvalue weighted by molar-refractivity contribution is -0.384. The van der Waals surface area contributed by atoms with Crippen molar-refractivity contribution in [2.24, 2.45) is 0 Å². The number of nitrogens with zero attached hydrogens (tertiary/aromatic N) is 2. The van der Waals surface area contributed by atoms with Crippen molar-refractivity contribution < 1.29 is 14.8 Å². The van der Waals surface area contributed by atoms with E-state index < -0.39 is 4.92 Å². The Morgan fingerprint density at radius 3 is 2.72 bits per heavy atom. The number of nitro groups is 1. The minimum atomic E-state index is -0.493. The smallest absolute Gasteiger partial charge is 0.273 e. The molecule has 0 unspecified atom stereocenters. The van der Waals surface area contributed by atoms with Crippen molar-refractivity contribution >= 4 is 17.1 Å². The lowest BCUT2D eigenvalue weighted by atomic mass is 10.2. The van der Waals surface area contributed by atoms with Gasteiger partial charge in [0.1, 0.15) is 0 Å². The predicted octanol–water partition coefficient (Wildman–Crippen LogP) is 0.622. The standard InChI is InChI=1S/C11H17N3O4/c1-18-5-3-13(2-4-15)10-6-9(12)7-11(8-10)14(16)17/h6-8,15H,2-5,12H2,1H3. The molecule has 0 aromatic heterocycles. The maximum Gasteiger partial charge on any atom is 0.273 e. The Bertz CT molecular complexity index is 411. The van der Waals surface area contributed by atoms with Crippen LogP contribution in [0.1, 0.15) is 0 Å². The Morgan fingerprint density at radius 2 is 2.17 bits per heavy atom. The summed E-state index contributed by atoms with van der Waals surface area (Å²) in [7, 11) is 1.57. The largest absolute Gasteiger partial charge is 0.398 e. The Morgan fingerprint density at radius 1 is 1.44 bits per heavy atom. The molecule has 0 radical (unpaired) electrons. The van der Waals surface area contributed by atoms with Crippen LogP contribution in [-0.4, -0.2) is 43.4 Å². The van der Waals surface area contributed by atoms with Crippen LogP contribution in [-0.2, 0) is 4.74 Å². The van der Waals surface area contributed by atoms with Gasteiger partial charge in [0.25, 0.3) is 5.69 Å². The van der Waals surface area contributed by atoms with Gasteiger partial charge in [-0.25, -0.2) is 0 Å². The average molecular weight is 255 g/mol. The summed E-state index contributed by atoms with van der Waals surface area (Å²) in [5.74, 6) is 0. The fraction of sp³-hybridized carbons (Fsp3) is 0.455. The first kappa shape index (κ1) is 14.2. The summed E-state index contributed by atoms with van der Waals surface area (Å²) in [6.45, 7) is 1.30. The Hall–Kier alpha value is -1.86. The van der Waals surface area contributed by atoms with Gasteiger partial charge < -0.3 is 20.5 Å². The second-order valence-electron chi connectivity index (χ2n) is 3.74. The molecule has 0 aliphatic carbocycles. The monoisotopic (exact) mass is 255 g/mol. The van der Waals surface area contributed by atoms with E-state index >= 15 is 0 Å². The Kier molecular flexibility index (Phi) is 5.34. The molecule has 100 valence electrons. The molecular weight excluding hydrogens is 238 g/mol. The first-order valence-electron chi connectivity index (χ1n) is 5.48. The highest BCUT2D eigenvalue weighted by Gasteiger charge is 2.13. The molecule has 0 amide bonds. The molecule has 0 atom stereocenters. The van der Waals surface area contributed by atoms with E-state index in [1.807, 2.05) is 0 Å². The topological polar surface area (TPSA) is 102 Å². The highest BCUT2D eigenvalue weighted by Crippen LogP contribution is 2.25. The van der Waals surface area contributed by atoms with Gasteiger partial charge >= 0.3 is 0 Å². The zero-order valence-electron chi connectivity index (χ0n) is 10.2. The van der Waals surface area contributed by atoms with Gasteiger partial charge in [0.15, 0.2) is 0 Å². The van der Waals surface area contributed by atoms with Crippen LogP contribution in [0.2, 0.25) is 0 Å². The summed E-state index contributed by atoms with van der Waals surface area (Å²) >= 11 is 0. The van der Waals surface area contributed by atoms with E-state index in [1.165, 1.54) is 12.1 Å². The van der Waals surface area contributed by atoms with Crippen LogP contribution in [0.5, 0.6) is 0 Å². The molecule has 0 saturated heterocycles. The van der Waals surface area contributed by atoms with Gasteiger partial charge in [-0.1, -0.05) is 0 Å². The number of nitrogens with two attached hydrogens (primary N) is 1. The number of hydrogen-bond donors (Lipinski definition) is 2. The molecule has 3 N–H and O–H groups in total. The van der Waals surface area contributed by atoms with Gasteiger partial charge in [0.2, 0.25) is 0 Å². The molecule has 0 fully saturated rings. The van der Waals surface area contributed by atoms with Crippen molar-refractivity contribution in [3.05, 3.63) is 28.3 Å². The molecule has 0 bridgehead atoms. The molecule has 0 saturated carbocycles. The number of anilines is 2. The van der Waals surface area contributed by atoms with Crippen LogP contribution in [0.3, 0.4) is 0 Å². The van der Waals surface area contributed by atoms with Crippen LogP contribution in [0.25, 0.3) is 0 Å². The van der Waals surface area contributed by atoms with E-state index in [-0.39, 0.29) is 12.3 Å². The maximum atomic E-state index is 10.8. The molecule has 0 spiro atoms. The summed E-state index contributed by atoms with van der Waals surface area (Å²) in [4.78, 5) is 12.0. The van der Waals surface area contributed by atoms with Gasteiger partial charge in [-0.3, -0.25) is 10.1 Å². The number of ether oxygens (including phenoxy) is 1. The number of hydrogen-bond acceptors (Lipinski definition) is 6. The summed E-state index contributed by atoms with van der Waals surface area (Å²) in [5.41, 5.74) is 6.49. The van der Waals surface area contributed by atoms with E-state index in [2.05, 4.69) is 0 Å². The van der Waals surface area contributed by atoms with Gasteiger partial charge in [-0.15, -0.1) is 0 Å². The number of non-ortho nitro benzene ring substituents is 1. The number of nitro benzene ring substituents is 1. The minimum Gasteiger partial charge on any atom is -0.398 e. The second-order valence-corrected chi connectivity index (χ2v) is 3.74. The van der Waals surface area contributed by atoms with Crippen LogP contribution in [0.4, 0.5) is 17.1 Å². The summed E-state index contributed by atoms with van der Waals surface area (Å²) in [5, 5.41) is 19.8. The Labute approximate surface area is 105 Å². The fourth-order valence-electron chi connectivity index (χ4n) is 1.60. The SMILES string of the molecule is COCCN(CCO)c1cc(N)cc([N+](=O)[O-])c1. The number of aliphatic hydroxyl groups is 1. The number of rotatable bonds is 7. The third kappa shape index (κ3) is 3.86. The van der Waals surface area contributed by atoms with Crippen molar-refractivity contribution in [3.8, 4) is 0 Å². The normalized spacial score (nSPS) is 10.3. The molecule has 7 nitrogen and oxygen atoms in total. The van der Waals surface area contributed by atoms with Crippen molar-refractivity contribution in [2.45, 2.75) is 0 Å². The number of aliphatic hydroxyl groups excluding tert-OH is 1. The molecular formula is C11H17N3O4. The zero-order valence-corrected chi connectivity index (χ0v) is 10.2. The quantitative estimate of drug-likeness (QED) is 0.421. The first-order valence-corrected chi connectivity index (χ1v) is 5.48. The maximum absolute atomic E-state index is 10.8. The van der Waals surface area contributed by atoms with Gasteiger partial charge in [0, 0.05) is 43.7 Å². The summed E-state index contributed by atoms with van der Waals surface area (Å²) in [6, 6.07) is 4.37. The van der Waals surface area contributed by atoms with Crippen LogP contribution < -0.4 is 10.6 Å². The lowest BCUT2D eigenvalue weighted by Gasteiger charge is -2.23. The molecule has 0 aliphatic heterocycles. The van der Waals surface area contributed by atoms with Crippen LogP contribution >= 0.6 is 0 Å². The third-order valence-corrected chi connectivity index (χ3v) is 2.44. The molecule has 1 aromatic carbocycles. The van der Waals surface area contributed by atoms with Gasteiger partial charge in [0.05, 0.1) is 18.1 Å². The van der Waals surface area contributed by atoms with Crippen molar-refractivity contribution in [1.82, 2.24) is 0 Å². The number of methoxy groups -OCH3 is 1. The first-order chi connectivity index (χ1) is 8.58. The van der Waals surface area contributed by atoms with E-state index in [4.69, 9.17) is 15.6 Å². The van der Waals surface area contributed by atoms with Crippen LogP contribution in [0, 0.1) is 10.1 Å². The van der Waals surface area contributed by atoms with Crippen molar-refractivity contribution in [1.29, 1.82) is 0 Å². The van der Waals surface area contributed by atoms with Crippen molar-refractivity contribution in [2.75, 3.05) is 44.0 Å². The van der Waals surface area contributed by atoms with E-state index in [0.717, 1.165) is 0 Å². The van der Waals surface area contributed by atoms with E-state index in [1.54, 1.807) is 18.1 Å². The predicted molar refractivity (Wildman–Crippen MR) is 68.7 cm³/mol.